The second-order valence-electron chi connectivity index (χ2n) is 6.16. The van der Waals surface area contributed by atoms with E-state index in [2.05, 4.69) is 15.8 Å². The van der Waals surface area contributed by atoms with Gasteiger partial charge in [0.2, 0.25) is 0 Å². The third-order valence-corrected chi connectivity index (χ3v) is 4.34. The van der Waals surface area contributed by atoms with Gasteiger partial charge in [0.15, 0.2) is 0 Å². The predicted octanol–water partition coefficient (Wildman–Crippen LogP) is 4.89. The summed E-state index contributed by atoms with van der Waals surface area (Å²) in [5.74, 6) is -1.54. The molecule has 146 valence electrons. The van der Waals surface area contributed by atoms with E-state index in [1.807, 2.05) is 0 Å². The zero-order valence-electron chi connectivity index (χ0n) is 15.4. The monoisotopic (exact) mass is 409 g/mol. The highest BCUT2D eigenvalue weighted by Crippen LogP contribution is 2.15. The van der Waals surface area contributed by atoms with Crippen LogP contribution in [-0.4, -0.2) is 17.5 Å². The van der Waals surface area contributed by atoms with E-state index in [0.717, 1.165) is 0 Å². The Hall–Kier alpha value is -3.51. The SMILES string of the molecule is C/C(=N\NC(=O)c1ccccc1F)c1cccc(NC(=O)c2ccc(Cl)cc2)c1. The molecule has 0 atom stereocenters. The average molecular weight is 410 g/mol. The first kappa shape index (κ1) is 20.2. The Morgan fingerprint density at radius 2 is 1.62 bits per heavy atom. The maximum atomic E-state index is 13.7. The molecule has 5 nitrogen and oxygen atoms in total. The van der Waals surface area contributed by atoms with Gasteiger partial charge < -0.3 is 5.32 Å². The molecule has 3 aromatic rings. The zero-order valence-corrected chi connectivity index (χ0v) is 16.2. The second kappa shape index (κ2) is 9.12. The number of halogens is 2. The molecule has 0 aliphatic carbocycles. The molecule has 0 saturated heterocycles. The fourth-order valence-corrected chi connectivity index (χ4v) is 2.66. The van der Waals surface area contributed by atoms with Crippen LogP contribution in [0, 0.1) is 5.82 Å². The van der Waals surface area contributed by atoms with Crippen LogP contribution in [0.5, 0.6) is 0 Å². The van der Waals surface area contributed by atoms with Gasteiger partial charge in [0.1, 0.15) is 5.82 Å². The smallest absolute Gasteiger partial charge is 0.274 e. The van der Waals surface area contributed by atoms with E-state index in [9.17, 15) is 14.0 Å². The van der Waals surface area contributed by atoms with Crippen molar-refractivity contribution in [1.29, 1.82) is 0 Å². The number of hydrogen-bond acceptors (Lipinski definition) is 3. The third kappa shape index (κ3) is 5.27. The lowest BCUT2D eigenvalue weighted by Gasteiger charge is -2.08. The molecule has 2 N–H and O–H groups in total. The molecule has 0 radical (unpaired) electrons. The van der Waals surface area contributed by atoms with Gasteiger partial charge in [-0.3, -0.25) is 9.59 Å². The summed E-state index contributed by atoms with van der Waals surface area (Å²) in [7, 11) is 0. The minimum absolute atomic E-state index is 0.0898. The first-order valence-electron chi connectivity index (χ1n) is 8.70. The summed E-state index contributed by atoms with van der Waals surface area (Å²) in [6.07, 6.45) is 0. The van der Waals surface area contributed by atoms with Gasteiger partial charge in [0, 0.05) is 16.3 Å². The molecule has 0 spiro atoms. The van der Waals surface area contributed by atoms with E-state index < -0.39 is 11.7 Å². The van der Waals surface area contributed by atoms with Crippen LogP contribution < -0.4 is 10.7 Å². The molecule has 3 aromatic carbocycles. The van der Waals surface area contributed by atoms with E-state index in [0.29, 0.717) is 27.5 Å². The van der Waals surface area contributed by atoms with Crippen LogP contribution in [-0.2, 0) is 0 Å². The fourth-order valence-electron chi connectivity index (χ4n) is 2.53. The summed E-state index contributed by atoms with van der Waals surface area (Å²) in [5.41, 5.74) is 4.48. The lowest BCUT2D eigenvalue weighted by molar-refractivity contribution is 0.0950. The van der Waals surface area contributed by atoms with Crippen LogP contribution in [0.1, 0.15) is 33.2 Å². The Bertz CT molecular complexity index is 1080. The largest absolute Gasteiger partial charge is 0.322 e. The van der Waals surface area contributed by atoms with E-state index in [4.69, 9.17) is 11.6 Å². The number of benzene rings is 3. The Morgan fingerprint density at radius 1 is 0.897 bits per heavy atom. The lowest BCUT2D eigenvalue weighted by atomic mass is 10.1. The highest BCUT2D eigenvalue weighted by molar-refractivity contribution is 6.30. The van der Waals surface area contributed by atoms with Crippen LogP contribution in [0.15, 0.2) is 77.9 Å². The van der Waals surface area contributed by atoms with Crippen LogP contribution >= 0.6 is 11.6 Å². The summed E-state index contributed by atoms with van der Waals surface area (Å²) >= 11 is 5.84. The Labute approximate surface area is 172 Å². The van der Waals surface area contributed by atoms with Crippen molar-refractivity contribution < 1.29 is 14.0 Å². The number of carbonyl (C=O) groups is 2. The van der Waals surface area contributed by atoms with Crippen molar-refractivity contribution in [2.24, 2.45) is 5.10 Å². The normalized spacial score (nSPS) is 11.1. The van der Waals surface area contributed by atoms with Crippen LogP contribution in [0.3, 0.4) is 0 Å². The molecule has 0 bridgehead atoms. The van der Waals surface area contributed by atoms with Gasteiger partial charge in [0.25, 0.3) is 11.8 Å². The molecule has 0 aliphatic heterocycles. The third-order valence-electron chi connectivity index (χ3n) is 4.09. The molecule has 0 heterocycles. The van der Waals surface area contributed by atoms with Crippen LogP contribution in [0.25, 0.3) is 0 Å². The van der Waals surface area contributed by atoms with Gasteiger partial charge in [-0.1, -0.05) is 35.9 Å². The molecule has 29 heavy (non-hydrogen) atoms. The molecule has 0 aliphatic rings. The molecule has 0 aromatic heterocycles. The van der Waals surface area contributed by atoms with Crippen molar-refractivity contribution in [2.45, 2.75) is 6.92 Å². The molecule has 3 rings (SSSR count). The molecule has 0 saturated carbocycles. The molecular weight excluding hydrogens is 393 g/mol. The van der Waals surface area contributed by atoms with Crippen LogP contribution in [0.2, 0.25) is 5.02 Å². The van der Waals surface area contributed by atoms with Gasteiger partial charge >= 0.3 is 0 Å². The number of nitrogens with zero attached hydrogens (tertiary/aromatic N) is 1. The number of amides is 2. The summed E-state index contributed by atoms with van der Waals surface area (Å²) < 4.78 is 13.7. The second-order valence-corrected chi connectivity index (χ2v) is 6.60. The van der Waals surface area contributed by atoms with Gasteiger partial charge in [-0.2, -0.15) is 5.10 Å². The Morgan fingerprint density at radius 3 is 2.34 bits per heavy atom. The number of carbonyl (C=O) groups excluding carboxylic acids is 2. The standard InChI is InChI=1S/C22H17ClFN3O2/c1-14(26-27-22(29)19-7-2-3-8-20(19)24)16-5-4-6-18(13-16)25-21(28)15-9-11-17(23)12-10-15/h2-13H,1H3,(H,25,28)(H,27,29)/b26-14+. The van der Waals surface area contributed by atoms with E-state index >= 15 is 0 Å². The van der Waals surface area contributed by atoms with E-state index in [-0.39, 0.29) is 11.5 Å². The van der Waals surface area contributed by atoms with Crippen molar-refractivity contribution in [2.75, 3.05) is 5.32 Å². The predicted molar refractivity (Wildman–Crippen MR) is 112 cm³/mol. The average Bonchev–Trinajstić information content (AvgIpc) is 2.72. The summed E-state index contributed by atoms with van der Waals surface area (Å²) in [6.45, 7) is 1.70. The quantitative estimate of drug-likeness (QED) is 0.465. The molecule has 0 fully saturated rings. The number of hydrogen-bond donors (Lipinski definition) is 2. The van der Waals surface area contributed by atoms with Gasteiger partial charge in [-0.15, -0.1) is 0 Å². The number of nitrogens with one attached hydrogen (secondary N) is 2. The van der Waals surface area contributed by atoms with Crippen molar-refractivity contribution in [3.63, 3.8) is 0 Å². The minimum atomic E-state index is -0.644. The fraction of sp³-hybridized carbons (Fsp3) is 0.0455. The highest BCUT2D eigenvalue weighted by Gasteiger charge is 2.11. The summed E-state index contributed by atoms with van der Waals surface area (Å²) in [5, 5.41) is 7.37. The van der Waals surface area contributed by atoms with Crippen molar-refractivity contribution in [3.05, 3.63) is 100 Å². The number of anilines is 1. The molecule has 0 unspecified atom stereocenters. The first-order valence-corrected chi connectivity index (χ1v) is 9.08. The summed E-state index contributed by atoms with van der Waals surface area (Å²) in [4.78, 5) is 24.4. The highest BCUT2D eigenvalue weighted by atomic mass is 35.5. The van der Waals surface area contributed by atoms with Gasteiger partial charge in [0.05, 0.1) is 11.3 Å². The van der Waals surface area contributed by atoms with Crippen molar-refractivity contribution in [3.8, 4) is 0 Å². The van der Waals surface area contributed by atoms with E-state index in [1.54, 1.807) is 61.5 Å². The van der Waals surface area contributed by atoms with Crippen molar-refractivity contribution in [1.82, 2.24) is 5.43 Å². The maximum Gasteiger partial charge on any atom is 0.274 e. The molecule has 2 amide bonds. The number of rotatable bonds is 5. The molecule has 7 heteroatoms. The number of hydrazone groups is 1. The van der Waals surface area contributed by atoms with Gasteiger partial charge in [-0.25, -0.2) is 9.82 Å². The van der Waals surface area contributed by atoms with Gasteiger partial charge in [-0.05, 0) is 61.0 Å². The topological polar surface area (TPSA) is 70.6 Å². The van der Waals surface area contributed by atoms with Crippen LogP contribution in [0.4, 0.5) is 10.1 Å². The Kier molecular flexibility index (Phi) is 6.36. The molecular formula is C22H17ClFN3O2. The first-order chi connectivity index (χ1) is 13.9. The van der Waals surface area contributed by atoms with E-state index in [1.165, 1.54) is 18.2 Å². The summed E-state index contributed by atoms with van der Waals surface area (Å²) in [6, 6.07) is 19.2. The minimum Gasteiger partial charge on any atom is -0.322 e. The lowest BCUT2D eigenvalue weighted by Crippen LogP contribution is -2.20. The van der Waals surface area contributed by atoms with Crippen molar-refractivity contribution >= 4 is 34.8 Å². The zero-order chi connectivity index (χ0) is 20.8. The maximum absolute atomic E-state index is 13.7. The Balaban J connectivity index is 1.70.